The van der Waals surface area contributed by atoms with Crippen LogP contribution in [0.25, 0.3) is 10.9 Å². The molecule has 0 fully saturated rings. The van der Waals surface area contributed by atoms with E-state index in [1.807, 2.05) is 48.7 Å². The van der Waals surface area contributed by atoms with E-state index in [0.29, 0.717) is 16.7 Å². The Hall–Kier alpha value is -1.64. The van der Waals surface area contributed by atoms with Gasteiger partial charge in [0, 0.05) is 23.2 Å². The Morgan fingerprint density at radius 3 is 2.62 bits per heavy atom. The Kier molecular flexibility index (Phi) is 4.37. The van der Waals surface area contributed by atoms with E-state index in [1.54, 1.807) is 6.07 Å². The largest absolute Gasteiger partial charge is 0.494 e. The van der Waals surface area contributed by atoms with Crippen LogP contribution in [0.15, 0.2) is 54.7 Å². The van der Waals surface area contributed by atoms with Crippen molar-refractivity contribution in [3.63, 3.8) is 0 Å². The molecule has 0 unspecified atom stereocenters. The summed E-state index contributed by atoms with van der Waals surface area (Å²) in [6.45, 7) is 1.55. The van der Waals surface area contributed by atoms with Crippen LogP contribution < -0.4 is 4.74 Å². The number of ether oxygens (including phenoxy) is 1. The smallest absolute Gasteiger partial charge is 0.119 e. The molecule has 0 saturated carbocycles. The van der Waals surface area contributed by atoms with Crippen LogP contribution in [0.4, 0.5) is 0 Å². The zero-order chi connectivity index (χ0) is 14.7. The quantitative estimate of drug-likeness (QED) is 0.573. The second-order valence-electron chi connectivity index (χ2n) is 4.84. The van der Waals surface area contributed by atoms with E-state index < -0.39 is 0 Å². The van der Waals surface area contributed by atoms with Crippen LogP contribution >= 0.6 is 23.2 Å². The number of aromatic nitrogens is 1. The molecule has 0 radical (unpaired) electrons. The predicted molar refractivity (Wildman–Crippen MR) is 88.5 cm³/mol. The summed E-state index contributed by atoms with van der Waals surface area (Å²) < 4.78 is 7.85. The third-order valence-corrected chi connectivity index (χ3v) is 3.89. The first kappa shape index (κ1) is 14.3. The molecule has 0 saturated heterocycles. The molecule has 21 heavy (non-hydrogen) atoms. The number of rotatable bonds is 5. The van der Waals surface area contributed by atoms with Crippen molar-refractivity contribution in [1.29, 1.82) is 0 Å². The average molecular weight is 320 g/mol. The highest BCUT2D eigenvalue weighted by Gasteiger charge is 2.06. The van der Waals surface area contributed by atoms with Gasteiger partial charge in [-0.1, -0.05) is 41.4 Å². The van der Waals surface area contributed by atoms with Crippen molar-refractivity contribution in [2.45, 2.75) is 13.0 Å². The van der Waals surface area contributed by atoms with E-state index in [2.05, 4.69) is 4.57 Å². The van der Waals surface area contributed by atoms with Gasteiger partial charge in [-0.3, -0.25) is 0 Å². The number of nitrogens with zero attached hydrogens (tertiary/aromatic N) is 1. The Morgan fingerprint density at radius 2 is 1.81 bits per heavy atom. The van der Waals surface area contributed by atoms with E-state index >= 15 is 0 Å². The Balaban J connectivity index is 1.63. The maximum Gasteiger partial charge on any atom is 0.119 e. The molecule has 0 atom stereocenters. The van der Waals surface area contributed by atoms with Gasteiger partial charge in [-0.15, -0.1) is 0 Å². The SMILES string of the molecule is Clc1cc(Cl)c2ccn(CCCOc3ccccc3)c2c1. The number of hydrogen-bond acceptors (Lipinski definition) is 1. The van der Waals surface area contributed by atoms with Crippen molar-refractivity contribution < 1.29 is 4.74 Å². The van der Waals surface area contributed by atoms with E-state index in [9.17, 15) is 0 Å². The monoisotopic (exact) mass is 319 g/mol. The molecule has 0 N–H and O–H groups in total. The second kappa shape index (κ2) is 6.42. The zero-order valence-electron chi connectivity index (χ0n) is 11.4. The summed E-state index contributed by atoms with van der Waals surface area (Å²) in [5.41, 5.74) is 1.06. The molecule has 1 heterocycles. The molecule has 0 bridgehead atoms. The van der Waals surface area contributed by atoms with Crippen LogP contribution in [0.5, 0.6) is 5.75 Å². The summed E-state index contributed by atoms with van der Waals surface area (Å²) in [6, 6.07) is 15.6. The number of hydrogen-bond donors (Lipinski definition) is 0. The highest BCUT2D eigenvalue weighted by Crippen LogP contribution is 2.28. The summed E-state index contributed by atoms with van der Waals surface area (Å²) in [4.78, 5) is 0. The van der Waals surface area contributed by atoms with Crippen molar-refractivity contribution >= 4 is 34.1 Å². The molecule has 0 aliphatic rings. The van der Waals surface area contributed by atoms with Gasteiger partial charge in [0.05, 0.1) is 17.1 Å². The fourth-order valence-corrected chi connectivity index (χ4v) is 2.90. The van der Waals surface area contributed by atoms with Crippen LogP contribution in [-0.2, 0) is 6.54 Å². The molecule has 0 spiro atoms. The molecular formula is C17H15Cl2NO. The number of benzene rings is 2. The predicted octanol–water partition coefficient (Wildman–Crippen LogP) is 5.42. The van der Waals surface area contributed by atoms with Crippen LogP contribution in [0.1, 0.15) is 6.42 Å². The van der Waals surface area contributed by atoms with Gasteiger partial charge in [0.2, 0.25) is 0 Å². The average Bonchev–Trinajstić information content (AvgIpc) is 2.88. The molecule has 0 aliphatic carbocycles. The molecule has 0 amide bonds. The highest BCUT2D eigenvalue weighted by atomic mass is 35.5. The lowest BCUT2D eigenvalue weighted by atomic mass is 10.2. The third-order valence-electron chi connectivity index (χ3n) is 3.36. The molecule has 3 aromatic rings. The summed E-state index contributed by atoms with van der Waals surface area (Å²) in [7, 11) is 0. The Morgan fingerprint density at radius 1 is 1.00 bits per heavy atom. The van der Waals surface area contributed by atoms with E-state index in [0.717, 1.165) is 29.6 Å². The summed E-state index contributed by atoms with van der Waals surface area (Å²) in [5.74, 6) is 0.904. The molecule has 3 rings (SSSR count). The first-order chi connectivity index (χ1) is 10.2. The van der Waals surface area contributed by atoms with Crippen LogP contribution in [0, 0.1) is 0 Å². The Labute approximate surface area is 133 Å². The van der Waals surface area contributed by atoms with Crippen LogP contribution in [0.2, 0.25) is 10.0 Å². The number of aryl methyl sites for hydroxylation is 1. The van der Waals surface area contributed by atoms with Gasteiger partial charge in [-0.2, -0.15) is 0 Å². The van der Waals surface area contributed by atoms with Crippen molar-refractivity contribution in [2.24, 2.45) is 0 Å². The fourth-order valence-electron chi connectivity index (χ4n) is 2.36. The molecule has 108 valence electrons. The van der Waals surface area contributed by atoms with Gasteiger partial charge in [-0.25, -0.2) is 0 Å². The first-order valence-electron chi connectivity index (χ1n) is 6.86. The molecular weight excluding hydrogens is 305 g/mol. The van der Waals surface area contributed by atoms with E-state index in [4.69, 9.17) is 27.9 Å². The normalized spacial score (nSPS) is 11.0. The van der Waals surface area contributed by atoms with Crippen molar-refractivity contribution in [3.05, 3.63) is 64.8 Å². The summed E-state index contributed by atoms with van der Waals surface area (Å²) in [6.07, 6.45) is 2.96. The first-order valence-corrected chi connectivity index (χ1v) is 7.61. The lowest BCUT2D eigenvalue weighted by Crippen LogP contribution is -2.03. The summed E-state index contributed by atoms with van der Waals surface area (Å²) in [5, 5.41) is 2.38. The number of halogens is 2. The minimum absolute atomic E-state index is 0.660. The lowest BCUT2D eigenvalue weighted by Gasteiger charge is -2.08. The van der Waals surface area contributed by atoms with Gasteiger partial charge in [0.15, 0.2) is 0 Å². The maximum absolute atomic E-state index is 6.19. The molecule has 2 nitrogen and oxygen atoms in total. The molecule has 4 heteroatoms. The number of para-hydroxylation sites is 1. The van der Waals surface area contributed by atoms with Gasteiger partial charge in [0.25, 0.3) is 0 Å². The maximum atomic E-state index is 6.19. The minimum atomic E-state index is 0.660. The fraction of sp³-hybridized carbons (Fsp3) is 0.176. The second-order valence-corrected chi connectivity index (χ2v) is 5.69. The Bertz CT molecular complexity index is 737. The van der Waals surface area contributed by atoms with Crippen molar-refractivity contribution in [3.8, 4) is 5.75 Å². The van der Waals surface area contributed by atoms with Crippen LogP contribution in [0.3, 0.4) is 0 Å². The van der Waals surface area contributed by atoms with Gasteiger partial charge < -0.3 is 9.30 Å². The van der Waals surface area contributed by atoms with Crippen LogP contribution in [-0.4, -0.2) is 11.2 Å². The number of fused-ring (bicyclic) bond motifs is 1. The third kappa shape index (κ3) is 3.34. The lowest BCUT2D eigenvalue weighted by molar-refractivity contribution is 0.302. The van der Waals surface area contributed by atoms with Gasteiger partial charge in [0.1, 0.15) is 5.75 Å². The molecule has 0 aliphatic heterocycles. The van der Waals surface area contributed by atoms with E-state index in [1.165, 1.54) is 0 Å². The molecule has 1 aromatic heterocycles. The van der Waals surface area contributed by atoms with Crippen molar-refractivity contribution in [1.82, 2.24) is 4.57 Å². The topological polar surface area (TPSA) is 14.2 Å². The van der Waals surface area contributed by atoms with E-state index in [-0.39, 0.29) is 0 Å². The summed E-state index contributed by atoms with van der Waals surface area (Å²) >= 11 is 12.3. The van der Waals surface area contributed by atoms with Crippen molar-refractivity contribution in [2.75, 3.05) is 6.61 Å². The van der Waals surface area contributed by atoms with Gasteiger partial charge in [-0.05, 0) is 36.8 Å². The highest BCUT2D eigenvalue weighted by molar-refractivity contribution is 6.38. The van der Waals surface area contributed by atoms with Gasteiger partial charge >= 0.3 is 0 Å². The standard InChI is InChI=1S/C17H15Cl2NO/c18-13-11-16(19)15-7-9-20(17(15)12-13)8-4-10-21-14-5-2-1-3-6-14/h1-3,5-7,9,11-12H,4,8,10H2. The zero-order valence-corrected chi connectivity index (χ0v) is 12.9. The molecule has 2 aromatic carbocycles. The minimum Gasteiger partial charge on any atom is -0.494 e.